The van der Waals surface area contributed by atoms with Crippen molar-refractivity contribution in [2.24, 2.45) is 0 Å². The molecule has 5 heteroatoms. The molecule has 10 aromatic carbocycles. The van der Waals surface area contributed by atoms with Gasteiger partial charge in [0.1, 0.15) is 11.5 Å². The van der Waals surface area contributed by atoms with E-state index in [4.69, 9.17) is 9.47 Å². The zero-order valence-corrected chi connectivity index (χ0v) is 39.4. The van der Waals surface area contributed by atoms with Crippen molar-refractivity contribution < 1.29 is 9.47 Å². The van der Waals surface area contributed by atoms with E-state index in [0.717, 1.165) is 78.0 Å². The summed E-state index contributed by atoms with van der Waals surface area (Å²) < 4.78 is 18.8. The van der Waals surface area contributed by atoms with Gasteiger partial charge in [-0.05, 0) is 154 Å². The average Bonchev–Trinajstić information content (AvgIpc) is 4.10. The molecule has 0 amide bonds. The van der Waals surface area contributed by atoms with Crippen LogP contribution >= 0.6 is 0 Å². The number of methoxy groups -OCH3 is 2. The fraction of sp³-hybridized carbons (Fsp3) is 0.0769. The van der Waals surface area contributed by atoms with Crippen molar-refractivity contribution >= 4 is 65.4 Å². The van der Waals surface area contributed by atoms with Crippen molar-refractivity contribution in [1.82, 2.24) is 13.7 Å². The van der Waals surface area contributed by atoms with Gasteiger partial charge in [-0.2, -0.15) is 0 Å². The zero-order valence-electron chi connectivity index (χ0n) is 39.4. The summed E-state index contributed by atoms with van der Waals surface area (Å²) in [7, 11) is 3.48. The van der Waals surface area contributed by atoms with E-state index in [1.165, 1.54) is 60.5 Å². The monoisotopic (exact) mass is 901 g/mol. The topological polar surface area (TPSA) is 33.2 Å². The summed E-state index contributed by atoms with van der Waals surface area (Å²) in [6.45, 7) is 4.72. The SMILES string of the molecule is COc1ccc2c(c1)c1cc(-c3ccc4c(c3)c3cc(-c5ccc6c(c5)c5cc(OC)ccc5n6-c5ccccc5)ccc3n4-c3cccc4c3-c3ccccc3C4(C)C)ccc1n2-c1ccccc1. The number of aromatic nitrogens is 3. The highest BCUT2D eigenvalue weighted by atomic mass is 16.5. The molecule has 70 heavy (non-hydrogen) atoms. The molecular formula is C65H47N3O2. The number of fused-ring (bicyclic) bond motifs is 12. The van der Waals surface area contributed by atoms with Crippen molar-refractivity contribution in [3.8, 4) is 61.9 Å². The van der Waals surface area contributed by atoms with Gasteiger partial charge in [0, 0.05) is 54.7 Å². The molecule has 334 valence electrons. The molecule has 0 radical (unpaired) electrons. The Kier molecular flexibility index (Phi) is 8.69. The number of para-hydroxylation sites is 2. The van der Waals surface area contributed by atoms with Crippen molar-refractivity contribution in [2.45, 2.75) is 19.3 Å². The Morgan fingerprint density at radius 1 is 0.329 bits per heavy atom. The van der Waals surface area contributed by atoms with E-state index >= 15 is 0 Å². The van der Waals surface area contributed by atoms with Crippen molar-refractivity contribution in [3.05, 3.63) is 223 Å². The highest BCUT2D eigenvalue weighted by molar-refractivity contribution is 6.15. The molecule has 0 fully saturated rings. The van der Waals surface area contributed by atoms with Crippen LogP contribution in [0.4, 0.5) is 0 Å². The normalized spacial score (nSPS) is 13.0. The highest BCUT2D eigenvalue weighted by Crippen LogP contribution is 2.52. The Morgan fingerprint density at radius 2 is 0.700 bits per heavy atom. The molecule has 3 aromatic heterocycles. The Hall–Kier alpha value is -8.80. The molecule has 3 heterocycles. The van der Waals surface area contributed by atoms with Crippen LogP contribution in [0.15, 0.2) is 212 Å². The Labute approximate surface area is 405 Å². The molecule has 1 aliphatic rings. The molecule has 0 saturated carbocycles. The third-order valence-corrected chi connectivity index (χ3v) is 15.2. The highest BCUT2D eigenvalue weighted by Gasteiger charge is 2.37. The van der Waals surface area contributed by atoms with Crippen LogP contribution in [0.3, 0.4) is 0 Å². The molecular weight excluding hydrogens is 855 g/mol. The van der Waals surface area contributed by atoms with Gasteiger partial charge >= 0.3 is 0 Å². The summed E-state index contributed by atoms with van der Waals surface area (Å²) in [6.07, 6.45) is 0. The largest absolute Gasteiger partial charge is 0.497 e. The van der Waals surface area contributed by atoms with Crippen LogP contribution in [-0.2, 0) is 5.41 Å². The molecule has 0 atom stereocenters. The molecule has 14 rings (SSSR count). The van der Waals surface area contributed by atoms with Gasteiger partial charge < -0.3 is 23.2 Å². The van der Waals surface area contributed by atoms with E-state index in [0.29, 0.717) is 0 Å². The van der Waals surface area contributed by atoms with E-state index in [9.17, 15) is 0 Å². The molecule has 0 unspecified atom stereocenters. The van der Waals surface area contributed by atoms with E-state index < -0.39 is 0 Å². The molecule has 0 bridgehead atoms. The summed E-state index contributed by atoms with van der Waals surface area (Å²) in [5.74, 6) is 1.68. The van der Waals surface area contributed by atoms with Gasteiger partial charge in [0.15, 0.2) is 0 Å². The van der Waals surface area contributed by atoms with E-state index in [1.54, 1.807) is 14.2 Å². The van der Waals surface area contributed by atoms with Gasteiger partial charge in [0.25, 0.3) is 0 Å². The zero-order chi connectivity index (χ0) is 46.8. The van der Waals surface area contributed by atoms with Crippen molar-refractivity contribution in [3.63, 3.8) is 0 Å². The molecule has 0 spiro atoms. The quantitative estimate of drug-likeness (QED) is 0.160. The summed E-state index contributed by atoms with van der Waals surface area (Å²) in [6, 6.07) is 77.9. The van der Waals surface area contributed by atoms with Gasteiger partial charge in [-0.25, -0.2) is 0 Å². The van der Waals surface area contributed by atoms with Gasteiger partial charge in [-0.15, -0.1) is 0 Å². The maximum absolute atomic E-state index is 5.78. The number of hydrogen-bond acceptors (Lipinski definition) is 2. The number of rotatable bonds is 7. The first-order chi connectivity index (χ1) is 34.4. The summed E-state index contributed by atoms with van der Waals surface area (Å²) in [5, 5.41) is 7.09. The third kappa shape index (κ3) is 5.78. The van der Waals surface area contributed by atoms with Crippen LogP contribution in [0.5, 0.6) is 11.5 Å². The molecule has 0 N–H and O–H groups in total. The number of nitrogens with zero attached hydrogens (tertiary/aromatic N) is 3. The minimum absolute atomic E-state index is 0.125. The van der Waals surface area contributed by atoms with Crippen LogP contribution in [0.1, 0.15) is 25.0 Å². The summed E-state index contributed by atoms with van der Waals surface area (Å²) in [4.78, 5) is 0. The molecule has 13 aromatic rings. The lowest BCUT2D eigenvalue weighted by Crippen LogP contribution is -2.14. The Morgan fingerprint density at radius 3 is 1.14 bits per heavy atom. The average molecular weight is 902 g/mol. The predicted molar refractivity (Wildman–Crippen MR) is 291 cm³/mol. The van der Waals surface area contributed by atoms with Crippen molar-refractivity contribution in [2.75, 3.05) is 14.2 Å². The number of ether oxygens (including phenoxy) is 2. The maximum atomic E-state index is 5.78. The minimum atomic E-state index is -0.125. The second-order valence-electron chi connectivity index (χ2n) is 19.2. The smallest absolute Gasteiger partial charge is 0.119 e. The lowest BCUT2D eigenvalue weighted by molar-refractivity contribution is 0.415. The van der Waals surface area contributed by atoms with Gasteiger partial charge in [0.05, 0.1) is 53.0 Å². The standard InChI is InChI=1S/C65H47N3O2/c1-65(2)55-19-12-11-18-48(55)64-56(65)20-13-21-63(64)68-61-30-24-42(40-22-28-57-51(36-40)53-38-46(69-3)26-32-59(53)66(57)44-14-7-5-8-15-44)34-49(61)50-35-43(25-31-62(50)68)41-23-29-58-52(37-41)54-39-47(70-4)27-33-60(54)67(58)45-16-9-6-10-17-45/h5-39H,1-4H3. The lowest BCUT2D eigenvalue weighted by atomic mass is 9.82. The first-order valence-electron chi connectivity index (χ1n) is 24.1. The van der Waals surface area contributed by atoms with Crippen LogP contribution in [0, 0.1) is 0 Å². The summed E-state index contributed by atoms with van der Waals surface area (Å²) >= 11 is 0. The Bertz CT molecular complexity index is 4060. The second kappa shape index (κ2) is 15.1. The predicted octanol–water partition coefficient (Wildman–Crippen LogP) is 16.6. The van der Waals surface area contributed by atoms with E-state index in [-0.39, 0.29) is 5.41 Å². The first-order valence-corrected chi connectivity index (χ1v) is 24.1. The molecule has 1 aliphatic carbocycles. The third-order valence-electron chi connectivity index (χ3n) is 15.2. The molecule has 5 nitrogen and oxygen atoms in total. The van der Waals surface area contributed by atoms with Crippen LogP contribution in [0.25, 0.3) is 116 Å². The Balaban J connectivity index is 1.00. The van der Waals surface area contributed by atoms with Crippen LogP contribution in [-0.4, -0.2) is 27.9 Å². The van der Waals surface area contributed by atoms with Crippen LogP contribution < -0.4 is 9.47 Å². The molecule has 0 saturated heterocycles. The van der Waals surface area contributed by atoms with Gasteiger partial charge in [-0.3, -0.25) is 0 Å². The van der Waals surface area contributed by atoms with Gasteiger partial charge in [-0.1, -0.05) is 111 Å². The fourth-order valence-corrected chi connectivity index (χ4v) is 11.9. The maximum Gasteiger partial charge on any atom is 0.119 e. The number of hydrogen-bond donors (Lipinski definition) is 0. The molecule has 0 aliphatic heterocycles. The first kappa shape index (κ1) is 40.3. The summed E-state index contributed by atoms with van der Waals surface area (Å²) in [5.41, 5.74) is 20.3. The minimum Gasteiger partial charge on any atom is -0.497 e. The second-order valence-corrected chi connectivity index (χ2v) is 19.2. The van der Waals surface area contributed by atoms with Crippen LogP contribution in [0.2, 0.25) is 0 Å². The fourth-order valence-electron chi connectivity index (χ4n) is 11.9. The van der Waals surface area contributed by atoms with E-state index in [2.05, 4.69) is 240 Å². The number of benzene rings is 10. The van der Waals surface area contributed by atoms with E-state index in [1.807, 2.05) is 0 Å². The lowest BCUT2D eigenvalue weighted by Gasteiger charge is -2.22. The van der Waals surface area contributed by atoms with Crippen molar-refractivity contribution in [1.29, 1.82) is 0 Å². The van der Waals surface area contributed by atoms with Gasteiger partial charge in [0.2, 0.25) is 0 Å².